The van der Waals surface area contributed by atoms with E-state index < -0.39 is 5.91 Å². The number of pyridine rings is 1. The molecule has 0 unspecified atom stereocenters. The number of halogens is 1. The Morgan fingerprint density at radius 2 is 2.12 bits per heavy atom. The molecule has 3 N–H and O–H groups in total. The van der Waals surface area contributed by atoms with Crippen LogP contribution in [0.25, 0.3) is 17.2 Å². The average molecular weight is 432 g/mol. The van der Waals surface area contributed by atoms with Gasteiger partial charge in [0.25, 0.3) is 5.91 Å². The molecule has 0 saturated carbocycles. The Hall–Kier alpha value is -3.85. The molecule has 4 heterocycles. The van der Waals surface area contributed by atoms with Gasteiger partial charge in [-0.1, -0.05) is 12.1 Å². The number of nitrogens with two attached hydrogens (primary N) is 1. The predicted octanol–water partition coefficient (Wildman–Crippen LogP) is 3.02. The van der Waals surface area contributed by atoms with E-state index in [1.54, 1.807) is 22.6 Å². The summed E-state index contributed by atoms with van der Waals surface area (Å²) in [6, 6.07) is 9.81. The number of aryl methyl sites for hydroxylation is 1. The fourth-order valence-corrected chi connectivity index (χ4v) is 3.96. The molecule has 1 aromatic carbocycles. The van der Waals surface area contributed by atoms with Crippen LogP contribution >= 0.6 is 0 Å². The summed E-state index contributed by atoms with van der Waals surface area (Å²) in [6.07, 6.45) is 2.46. The maximum Gasteiger partial charge on any atom is 0.252 e. The number of primary amides is 1. The molecule has 4 aromatic rings. The van der Waals surface area contributed by atoms with Crippen molar-refractivity contribution in [2.24, 2.45) is 5.73 Å². The van der Waals surface area contributed by atoms with Crippen LogP contribution in [-0.4, -0.2) is 31.9 Å². The van der Waals surface area contributed by atoms with Crippen molar-refractivity contribution in [1.29, 1.82) is 0 Å². The number of carbonyl (C=O) groups is 1. The van der Waals surface area contributed by atoms with Crippen molar-refractivity contribution in [3.05, 3.63) is 76.5 Å². The van der Waals surface area contributed by atoms with Crippen molar-refractivity contribution in [3.63, 3.8) is 0 Å². The van der Waals surface area contributed by atoms with Crippen molar-refractivity contribution >= 4 is 17.4 Å². The Balaban J connectivity index is 1.61. The number of rotatable bonds is 5. The number of amides is 1. The molecule has 3 aromatic heterocycles. The summed E-state index contributed by atoms with van der Waals surface area (Å²) in [6.45, 7) is 3.22. The quantitative estimate of drug-likeness (QED) is 0.502. The lowest BCUT2D eigenvalue weighted by Gasteiger charge is -2.20. The van der Waals surface area contributed by atoms with Crippen molar-refractivity contribution in [1.82, 2.24) is 19.4 Å². The first kappa shape index (κ1) is 20.1. The number of benzene rings is 1. The van der Waals surface area contributed by atoms with Gasteiger partial charge in [-0.25, -0.2) is 19.3 Å². The molecule has 0 saturated heterocycles. The standard InChI is InChI=1S/C23H21FN6O2/c1-13-19(30-8-3-6-16(20(25)31)23(30)27-13)22-28-18-7-9-32-12-17(18)21(29-22)26-11-14-4-2-5-15(24)10-14/h2-6,8,10H,7,9,11-12H2,1H3,(H2,25,31)(H,26,28,29). The van der Waals surface area contributed by atoms with Crippen molar-refractivity contribution < 1.29 is 13.9 Å². The van der Waals surface area contributed by atoms with Crippen LogP contribution in [-0.2, 0) is 24.3 Å². The van der Waals surface area contributed by atoms with E-state index >= 15 is 0 Å². The maximum absolute atomic E-state index is 13.6. The lowest BCUT2D eigenvalue weighted by Crippen LogP contribution is -2.17. The first-order chi connectivity index (χ1) is 15.5. The van der Waals surface area contributed by atoms with Gasteiger partial charge in [0, 0.05) is 24.7 Å². The van der Waals surface area contributed by atoms with Crippen molar-refractivity contribution in [2.45, 2.75) is 26.5 Å². The second-order valence-electron chi connectivity index (χ2n) is 7.63. The van der Waals surface area contributed by atoms with Gasteiger partial charge in [0.2, 0.25) is 0 Å². The molecule has 32 heavy (non-hydrogen) atoms. The van der Waals surface area contributed by atoms with Gasteiger partial charge in [-0.2, -0.15) is 0 Å². The number of anilines is 1. The zero-order valence-corrected chi connectivity index (χ0v) is 17.4. The fourth-order valence-electron chi connectivity index (χ4n) is 3.96. The van der Waals surface area contributed by atoms with Crippen LogP contribution in [0.15, 0.2) is 42.6 Å². The number of imidazole rings is 1. The topological polar surface area (TPSA) is 107 Å². The molecule has 1 amide bonds. The van der Waals surface area contributed by atoms with E-state index in [-0.39, 0.29) is 5.82 Å². The molecule has 0 aliphatic carbocycles. The first-order valence-electron chi connectivity index (χ1n) is 10.2. The molecule has 0 fully saturated rings. The molecule has 9 heteroatoms. The Bertz CT molecular complexity index is 1350. The SMILES string of the molecule is Cc1nc2c(C(N)=O)cccn2c1-c1nc2c(c(NCc3cccc(F)c3)n1)COCC2. The van der Waals surface area contributed by atoms with Gasteiger partial charge in [0.05, 0.1) is 30.2 Å². The van der Waals surface area contributed by atoms with E-state index in [0.29, 0.717) is 60.4 Å². The number of nitrogens with one attached hydrogen (secondary N) is 1. The molecule has 0 bridgehead atoms. The summed E-state index contributed by atoms with van der Waals surface area (Å²) in [5, 5.41) is 3.31. The molecule has 8 nitrogen and oxygen atoms in total. The summed E-state index contributed by atoms with van der Waals surface area (Å²) < 4.78 is 21.0. The van der Waals surface area contributed by atoms with Gasteiger partial charge in [0.15, 0.2) is 5.82 Å². The highest BCUT2D eigenvalue weighted by Gasteiger charge is 2.23. The van der Waals surface area contributed by atoms with Gasteiger partial charge < -0.3 is 15.8 Å². The molecule has 0 spiro atoms. The molecule has 5 rings (SSSR count). The van der Waals surface area contributed by atoms with Crippen LogP contribution in [0.1, 0.15) is 32.9 Å². The zero-order valence-electron chi connectivity index (χ0n) is 17.4. The number of hydrogen-bond donors (Lipinski definition) is 2. The Morgan fingerprint density at radius 1 is 1.25 bits per heavy atom. The third-order valence-corrected chi connectivity index (χ3v) is 5.47. The highest BCUT2D eigenvalue weighted by molar-refractivity contribution is 5.99. The first-order valence-corrected chi connectivity index (χ1v) is 10.2. The average Bonchev–Trinajstić information content (AvgIpc) is 3.13. The fraction of sp³-hybridized carbons (Fsp3) is 0.217. The molecule has 1 aliphatic rings. The Morgan fingerprint density at radius 3 is 2.94 bits per heavy atom. The van der Waals surface area contributed by atoms with E-state index in [0.717, 1.165) is 16.8 Å². The Labute approximate surface area is 183 Å². The third kappa shape index (κ3) is 3.56. The number of aromatic nitrogens is 4. The van der Waals surface area contributed by atoms with Crippen molar-refractivity contribution in [3.8, 4) is 11.5 Å². The van der Waals surface area contributed by atoms with Crippen LogP contribution in [0, 0.1) is 12.7 Å². The number of nitrogens with zero attached hydrogens (tertiary/aromatic N) is 4. The van der Waals surface area contributed by atoms with Gasteiger partial charge in [-0.3, -0.25) is 9.20 Å². The molecular formula is C23H21FN6O2. The van der Waals surface area contributed by atoms with Gasteiger partial charge in [0.1, 0.15) is 23.0 Å². The summed E-state index contributed by atoms with van der Waals surface area (Å²) in [7, 11) is 0. The zero-order chi connectivity index (χ0) is 22.2. The van der Waals surface area contributed by atoms with E-state index in [9.17, 15) is 9.18 Å². The predicted molar refractivity (Wildman–Crippen MR) is 117 cm³/mol. The van der Waals surface area contributed by atoms with E-state index in [1.807, 2.05) is 19.2 Å². The second kappa shape index (κ2) is 8.01. The largest absolute Gasteiger partial charge is 0.376 e. The summed E-state index contributed by atoms with van der Waals surface area (Å²) in [4.78, 5) is 26.0. The number of hydrogen-bond acceptors (Lipinski definition) is 6. The minimum absolute atomic E-state index is 0.287. The number of carbonyl (C=O) groups excluding carboxylic acids is 1. The lowest BCUT2D eigenvalue weighted by atomic mass is 10.1. The minimum atomic E-state index is -0.548. The van der Waals surface area contributed by atoms with Gasteiger partial charge in [-0.05, 0) is 36.8 Å². The molecule has 0 atom stereocenters. The lowest BCUT2D eigenvalue weighted by molar-refractivity contribution is 0.100. The molecule has 1 aliphatic heterocycles. The highest BCUT2D eigenvalue weighted by Crippen LogP contribution is 2.29. The summed E-state index contributed by atoms with van der Waals surface area (Å²) >= 11 is 0. The normalized spacial score (nSPS) is 13.2. The monoisotopic (exact) mass is 432 g/mol. The third-order valence-electron chi connectivity index (χ3n) is 5.47. The van der Waals surface area contributed by atoms with Crippen LogP contribution in [0.2, 0.25) is 0 Å². The summed E-state index contributed by atoms with van der Waals surface area (Å²) in [5.74, 6) is 0.283. The van der Waals surface area contributed by atoms with Crippen molar-refractivity contribution in [2.75, 3.05) is 11.9 Å². The smallest absolute Gasteiger partial charge is 0.252 e. The molecular weight excluding hydrogens is 411 g/mol. The summed E-state index contributed by atoms with van der Waals surface area (Å²) in [5.41, 5.74) is 10.3. The molecule has 0 radical (unpaired) electrons. The number of ether oxygens (including phenoxy) is 1. The van der Waals surface area contributed by atoms with E-state index in [2.05, 4.69) is 10.3 Å². The number of fused-ring (bicyclic) bond motifs is 2. The van der Waals surface area contributed by atoms with Crippen LogP contribution < -0.4 is 11.1 Å². The van der Waals surface area contributed by atoms with Gasteiger partial charge in [-0.15, -0.1) is 0 Å². The van der Waals surface area contributed by atoms with Gasteiger partial charge >= 0.3 is 0 Å². The van der Waals surface area contributed by atoms with E-state index in [4.69, 9.17) is 20.4 Å². The van der Waals surface area contributed by atoms with Crippen LogP contribution in [0.3, 0.4) is 0 Å². The maximum atomic E-state index is 13.6. The van der Waals surface area contributed by atoms with Crippen LogP contribution in [0.4, 0.5) is 10.2 Å². The molecule has 162 valence electrons. The Kier molecular flexibility index (Phi) is 5.02. The second-order valence-corrected chi connectivity index (χ2v) is 7.63. The van der Waals surface area contributed by atoms with Crippen LogP contribution in [0.5, 0.6) is 0 Å². The highest BCUT2D eigenvalue weighted by atomic mass is 19.1. The minimum Gasteiger partial charge on any atom is -0.376 e. The van der Waals surface area contributed by atoms with E-state index in [1.165, 1.54) is 12.1 Å².